The highest BCUT2D eigenvalue weighted by atomic mass is 19.1. The van der Waals surface area contributed by atoms with Crippen LogP contribution in [0.15, 0.2) is 36.4 Å². The Balaban J connectivity index is 1.57. The highest BCUT2D eigenvalue weighted by Crippen LogP contribution is 2.32. The molecule has 2 heterocycles. The van der Waals surface area contributed by atoms with Crippen molar-refractivity contribution in [2.75, 3.05) is 32.5 Å². The average molecular weight is 453 g/mol. The summed E-state index contributed by atoms with van der Waals surface area (Å²) in [6.07, 6.45) is 0. The van der Waals surface area contributed by atoms with E-state index in [1.807, 2.05) is 25.1 Å². The van der Waals surface area contributed by atoms with E-state index >= 15 is 0 Å². The van der Waals surface area contributed by atoms with Gasteiger partial charge in [0.05, 0.1) is 24.1 Å². The van der Waals surface area contributed by atoms with Crippen LogP contribution in [0.4, 0.5) is 14.9 Å². The monoisotopic (exact) mass is 452 g/mol. The first-order valence-electron chi connectivity index (χ1n) is 10.9. The standard InChI is InChI=1S/C24H29FN6O2/c1-14(2)31-20-9-7-17(25)11-19(20)27-21(31)16-6-8-18(15(3)10-16)28-23(33)30-12-24(13-30,22(26)32)29(4)5/h6-11,14H,12-13H2,1-5H3,(H2,26,32)(H,28,33). The number of aromatic nitrogens is 2. The van der Waals surface area contributed by atoms with Crippen molar-refractivity contribution >= 4 is 28.7 Å². The molecule has 3 amide bonds. The first-order chi connectivity index (χ1) is 15.5. The van der Waals surface area contributed by atoms with Crippen molar-refractivity contribution < 1.29 is 14.0 Å². The summed E-state index contributed by atoms with van der Waals surface area (Å²) in [4.78, 5) is 32.6. The summed E-state index contributed by atoms with van der Waals surface area (Å²) >= 11 is 0. The van der Waals surface area contributed by atoms with Crippen LogP contribution < -0.4 is 11.1 Å². The second-order valence-electron chi connectivity index (χ2n) is 9.14. The predicted octanol–water partition coefficient (Wildman–Crippen LogP) is 3.36. The Morgan fingerprint density at radius 3 is 2.45 bits per heavy atom. The van der Waals surface area contributed by atoms with Crippen LogP contribution in [0.1, 0.15) is 25.5 Å². The number of likely N-dealkylation sites (N-methyl/N-ethyl adjacent to an activating group) is 1. The van der Waals surface area contributed by atoms with Gasteiger partial charge in [-0.3, -0.25) is 9.69 Å². The lowest BCUT2D eigenvalue weighted by atomic mass is 9.88. The largest absolute Gasteiger partial charge is 0.368 e. The van der Waals surface area contributed by atoms with E-state index in [9.17, 15) is 14.0 Å². The molecule has 1 fully saturated rings. The number of primary amides is 1. The van der Waals surface area contributed by atoms with E-state index in [1.165, 1.54) is 12.1 Å². The molecule has 0 radical (unpaired) electrons. The normalized spacial score (nSPS) is 15.2. The molecule has 0 unspecified atom stereocenters. The molecule has 0 saturated carbocycles. The van der Waals surface area contributed by atoms with Crippen molar-refractivity contribution in [2.24, 2.45) is 5.73 Å². The van der Waals surface area contributed by atoms with E-state index in [2.05, 4.69) is 28.7 Å². The number of nitrogens with one attached hydrogen (secondary N) is 1. The number of rotatable bonds is 5. The quantitative estimate of drug-likeness (QED) is 0.620. The molecule has 3 aromatic rings. The summed E-state index contributed by atoms with van der Waals surface area (Å²) in [5, 5.41) is 2.92. The molecule has 1 saturated heterocycles. The van der Waals surface area contributed by atoms with Crippen molar-refractivity contribution in [3.05, 3.63) is 47.8 Å². The van der Waals surface area contributed by atoms with E-state index in [0.717, 1.165) is 22.5 Å². The fraction of sp³-hybridized carbons (Fsp3) is 0.375. The molecule has 0 bridgehead atoms. The highest BCUT2D eigenvalue weighted by Gasteiger charge is 2.51. The zero-order valence-electron chi connectivity index (χ0n) is 19.5. The Labute approximate surface area is 192 Å². The minimum Gasteiger partial charge on any atom is -0.368 e. The maximum atomic E-state index is 13.7. The topological polar surface area (TPSA) is 96.5 Å². The lowest BCUT2D eigenvalue weighted by molar-refractivity contribution is -0.136. The molecule has 8 nitrogen and oxygen atoms in total. The van der Waals surface area contributed by atoms with Gasteiger partial charge in [0.25, 0.3) is 0 Å². The van der Waals surface area contributed by atoms with E-state index in [1.54, 1.807) is 30.0 Å². The molecule has 3 N–H and O–H groups in total. The van der Waals surface area contributed by atoms with E-state index in [-0.39, 0.29) is 31.0 Å². The maximum absolute atomic E-state index is 13.7. The summed E-state index contributed by atoms with van der Waals surface area (Å²) in [5.41, 5.74) is 8.60. The number of urea groups is 1. The summed E-state index contributed by atoms with van der Waals surface area (Å²) in [7, 11) is 3.56. The summed E-state index contributed by atoms with van der Waals surface area (Å²) in [5.74, 6) is -0.0196. The highest BCUT2D eigenvalue weighted by molar-refractivity contribution is 5.95. The Morgan fingerprint density at radius 1 is 1.18 bits per heavy atom. The second-order valence-corrected chi connectivity index (χ2v) is 9.14. The lowest BCUT2D eigenvalue weighted by Gasteiger charge is -2.51. The van der Waals surface area contributed by atoms with Gasteiger partial charge in [0.2, 0.25) is 5.91 Å². The van der Waals surface area contributed by atoms with Gasteiger partial charge in [0.15, 0.2) is 0 Å². The fourth-order valence-electron chi connectivity index (χ4n) is 4.32. The smallest absolute Gasteiger partial charge is 0.322 e. The summed E-state index contributed by atoms with van der Waals surface area (Å²) in [6, 6.07) is 10.1. The summed E-state index contributed by atoms with van der Waals surface area (Å²) < 4.78 is 15.8. The molecule has 1 aliphatic heterocycles. The predicted molar refractivity (Wildman–Crippen MR) is 126 cm³/mol. The van der Waals surface area contributed by atoms with E-state index in [0.29, 0.717) is 11.2 Å². The molecule has 4 rings (SSSR count). The molecule has 174 valence electrons. The number of nitrogens with zero attached hydrogens (tertiary/aromatic N) is 4. The van der Waals surface area contributed by atoms with Crippen LogP contribution in [0.25, 0.3) is 22.4 Å². The number of anilines is 1. The molecule has 33 heavy (non-hydrogen) atoms. The Hall–Kier alpha value is -3.46. The average Bonchev–Trinajstić information content (AvgIpc) is 3.06. The van der Waals surface area contributed by atoms with Gasteiger partial charge in [-0.1, -0.05) is 0 Å². The minimum atomic E-state index is -0.828. The van der Waals surface area contributed by atoms with Gasteiger partial charge in [-0.25, -0.2) is 14.2 Å². The Morgan fingerprint density at radius 2 is 1.88 bits per heavy atom. The first kappa shape index (κ1) is 22.7. The molecule has 1 aromatic heterocycles. The number of carbonyl (C=O) groups is 2. The summed E-state index contributed by atoms with van der Waals surface area (Å²) in [6.45, 7) is 6.51. The number of aryl methyl sites for hydroxylation is 1. The third-order valence-electron chi connectivity index (χ3n) is 6.40. The maximum Gasteiger partial charge on any atom is 0.322 e. The number of fused-ring (bicyclic) bond motifs is 1. The number of hydrogen-bond acceptors (Lipinski definition) is 4. The van der Waals surface area contributed by atoms with Gasteiger partial charge in [0, 0.05) is 23.4 Å². The number of carbonyl (C=O) groups excluding carboxylic acids is 2. The molecule has 2 aromatic carbocycles. The van der Waals surface area contributed by atoms with E-state index < -0.39 is 11.4 Å². The van der Waals surface area contributed by atoms with Gasteiger partial charge < -0.3 is 20.5 Å². The number of amides is 3. The number of hydrogen-bond donors (Lipinski definition) is 2. The fourth-order valence-corrected chi connectivity index (χ4v) is 4.32. The second kappa shape index (κ2) is 8.15. The molecule has 1 aliphatic rings. The Bertz CT molecular complexity index is 1240. The van der Waals surface area contributed by atoms with Crippen molar-refractivity contribution in [3.8, 4) is 11.4 Å². The lowest BCUT2D eigenvalue weighted by Crippen LogP contribution is -2.75. The van der Waals surface area contributed by atoms with E-state index in [4.69, 9.17) is 5.73 Å². The molecule has 0 aliphatic carbocycles. The van der Waals surface area contributed by atoms with Crippen LogP contribution in [0, 0.1) is 12.7 Å². The van der Waals surface area contributed by atoms with Crippen molar-refractivity contribution in [1.82, 2.24) is 19.4 Å². The Kier molecular flexibility index (Phi) is 5.61. The van der Waals surface area contributed by atoms with Gasteiger partial charge in [-0.2, -0.15) is 0 Å². The number of likely N-dealkylation sites (tertiary alicyclic amines) is 1. The van der Waals surface area contributed by atoms with Crippen LogP contribution in [0.2, 0.25) is 0 Å². The number of halogens is 1. The van der Waals surface area contributed by atoms with Crippen molar-refractivity contribution in [1.29, 1.82) is 0 Å². The number of nitrogens with two attached hydrogens (primary N) is 1. The van der Waals surface area contributed by atoms with Crippen molar-refractivity contribution in [3.63, 3.8) is 0 Å². The molecule has 0 spiro atoms. The zero-order chi connectivity index (χ0) is 24.1. The molecule has 0 atom stereocenters. The number of imidazole rings is 1. The molecular weight excluding hydrogens is 423 g/mol. The van der Waals surface area contributed by atoms with Crippen LogP contribution in [0.3, 0.4) is 0 Å². The van der Waals surface area contributed by atoms with Crippen LogP contribution in [0.5, 0.6) is 0 Å². The van der Waals surface area contributed by atoms with Crippen LogP contribution in [-0.2, 0) is 4.79 Å². The minimum absolute atomic E-state index is 0.129. The van der Waals surface area contributed by atoms with Gasteiger partial charge in [-0.05, 0) is 70.8 Å². The van der Waals surface area contributed by atoms with Crippen LogP contribution in [-0.4, -0.2) is 64.0 Å². The SMILES string of the molecule is Cc1cc(-c2nc3cc(F)ccc3n2C(C)C)ccc1NC(=O)N1CC(C(N)=O)(N(C)C)C1. The zero-order valence-corrected chi connectivity index (χ0v) is 19.5. The van der Waals surface area contributed by atoms with Gasteiger partial charge in [0.1, 0.15) is 17.2 Å². The third-order valence-corrected chi connectivity index (χ3v) is 6.40. The number of benzene rings is 2. The first-order valence-corrected chi connectivity index (χ1v) is 10.9. The van der Waals surface area contributed by atoms with Gasteiger partial charge in [-0.15, -0.1) is 0 Å². The molecule has 9 heteroatoms. The van der Waals surface area contributed by atoms with Gasteiger partial charge >= 0.3 is 6.03 Å². The van der Waals surface area contributed by atoms with Crippen LogP contribution >= 0.6 is 0 Å². The third kappa shape index (κ3) is 3.82. The molecular formula is C24H29FN6O2. The van der Waals surface area contributed by atoms with Crippen molar-refractivity contribution in [2.45, 2.75) is 32.4 Å².